The van der Waals surface area contributed by atoms with Crippen LogP contribution in [-0.2, 0) is 6.54 Å². The largest absolute Gasteiger partial charge is 1.00 e. The highest BCUT2D eigenvalue weighted by Gasteiger charge is 2.14. The van der Waals surface area contributed by atoms with E-state index in [4.69, 9.17) is 0 Å². The summed E-state index contributed by atoms with van der Waals surface area (Å²) in [6, 6.07) is 17.3. The van der Waals surface area contributed by atoms with Crippen molar-refractivity contribution in [2.75, 3.05) is 6.54 Å². The number of halogens is 1. The maximum Gasteiger partial charge on any atom is 0.213 e. The molecule has 0 saturated carbocycles. The van der Waals surface area contributed by atoms with E-state index in [-0.39, 0.29) is 22.5 Å². The van der Waals surface area contributed by atoms with Gasteiger partial charge in [0.05, 0.1) is 11.9 Å². The predicted octanol–water partition coefficient (Wildman–Crippen LogP) is 0.673. The van der Waals surface area contributed by atoms with Gasteiger partial charge in [0.1, 0.15) is 0 Å². The Balaban J connectivity index is 0.00000176. The van der Waals surface area contributed by atoms with E-state index in [2.05, 4.69) is 85.4 Å². The second-order valence-corrected chi connectivity index (χ2v) is 6.60. The third kappa shape index (κ3) is 3.65. The maximum atomic E-state index is 3.56. The Morgan fingerprint density at radius 3 is 2.27 bits per heavy atom. The highest BCUT2D eigenvalue weighted by atomic mass is 79.9. The second-order valence-electron chi connectivity index (χ2n) is 6.60. The van der Waals surface area contributed by atoms with Crippen molar-refractivity contribution in [3.63, 3.8) is 0 Å². The van der Waals surface area contributed by atoms with E-state index >= 15 is 0 Å². The van der Waals surface area contributed by atoms with Gasteiger partial charge in [-0.25, -0.2) is 0 Å². The van der Waals surface area contributed by atoms with E-state index < -0.39 is 0 Å². The monoisotopic (exact) mass is 358 g/mol. The van der Waals surface area contributed by atoms with E-state index in [9.17, 15) is 0 Å². The Hall–Kier alpha value is -1.45. The summed E-state index contributed by atoms with van der Waals surface area (Å²) in [7, 11) is 0. The number of benzene rings is 2. The molecule has 0 unspecified atom stereocenters. The Bertz CT molecular complexity index is 775. The molecule has 0 saturated heterocycles. The number of nitrogens with one attached hydrogen (secondary N) is 1. The van der Waals surface area contributed by atoms with E-state index in [1.807, 2.05) is 0 Å². The molecule has 0 bridgehead atoms. The molecule has 0 spiro atoms. The lowest BCUT2D eigenvalue weighted by atomic mass is 10.1. The SMILES string of the molecule is CC(C)(C)NCC[n+]1cc2ccccc2c2ccccc21.[Br-]. The molecule has 2 nitrogen and oxygen atoms in total. The van der Waals surface area contributed by atoms with Crippen molar-refractivity contribution in [1.29, 1.82) is 0 Å². The maximum absolute atomic E-state index is 3.56. The van der Waals surface area contributed by atoms with Crippen LogP contribution in [0, 0.1) is 0 Å². The summed E-state index contributed by atoms with van der Waals surface area (Å²) in [4.78, 5) is 0. The first-order valence-electron chi connectivity index (χ1n) is 7.59. The summed E-state index contributed by atoms with van der Waals surface area (Å²) < 4.78 is 2.36. The topological polar surface area (TPSA) is 15.9 Å². The zero-order valence-corrected chi connectivity index (χ0v) is 15.0. The minimum Gasteiger partial charge on any atom is -1.00 e. The lowest BCUT2D eigenvalue weighted by molar-refractivity contribution is -0.668. The summed E-state index contributed by atoms with van der Waals surface area (Å²) in [5.41, 5.74) is 1.46. The van der Waals surface area contributed by atoms with Gasteiger partial charge < -0.3 is 22.3 Å². The molecule has 22 heavy (non-hydrogen) atoms. The lowest BCUT2D eigenvalue weighted by Crippen LogP contribution is -3.00. The van der Waals surface area contributed by atoms with Crippen LogP contribution in [0.3, 0.4) is 0 Å². The molecular weight excluding hydrogens is 336 g/mol. The van der Waals surface area contributed by atoms with Crippen molar-refractivity contribution in [3.8, 4) is 0 Å². The normalized spacial score (nSPS) is 11.6. The number of hydrogen-bond acceptors (Lipinski definition) is 1. The first-order chi connectivity index (χ1) is 10.0. The van der Waals surface area contributed by atoms with Crippen molar-refractivity contribution < 1.29 is 21.5 Å². The van der Waals surface area contributed by atoms with E-state index in [0.29, 0.717) is 0 Å². The standard InChI is InChI=1S/C19H23N2.BrH/c1-19(2,3)20-12-13-21-14-15-8-4-5-9-16(15)17-10-6-7-11-18(17)21;/h4-11,14,20H,12-13H2,1-3H3;1H/q+1;/p-1. The van der Waals surface area contributed by atoms with Crippen molar-refractivity contribution in [2.24, 2.45) is 0 Å². The van der Waals surface area contributed by atoms with Crippen LogP contribution in [-0.4, -0.2) is 12.1 Å². The van der Waals surface area contributed by atoms with Crippen LogP contribution in [0.4, 0.5) is 0 Å². The first kappa shape index (κ1) is 16.9. The predicted molar refractivity (Wildman–Crippen MR) is 89.4 cm³/mol. The molecule has 1 heterocycles. The fourth-order valence-corrected chi connectivity index (χ4v) is 2.78. The molecule has 3 heteroatoms. The molecule has 0 atom stereocenters. The van der Waals surface area contributed by atoms with Crippen molar-refractivity contribution in [3.05, 3.63) is 54.7 Å². The van der Waals surface area contributed by atoms with Crippen LogP contribution in [0.25, 0.3) is 21.7 Å². The minimum atomic E-state index is 0. The molecule has 0 aliphatic rings. The molecule has 1 N–H and O–H groups in total. The number of fused-ring (bicyclic) bond motifs is 3. The van der Waals surface area contributed by atoms with E-state index in [1.165, 1.54) is 21.7 Å². The summed E-state index contributed by atoms with van der Waals surface area (Å²) in [6.07, 6.45) is 2.27. The van der Waals surface area contributed by atoms with Crippen molar-refractivity contribution >= 4 is 21.7 Å². The average Bonchev–Trinajstić information content (AvgIpc) is 2.46. The van der Waals surface area contributed by atoms with Gasteiger partial charge >= 0.3 is 0 Å². The first-order valence-corrected chi connectivity index (χ1v) is 7.59. The van der Waals surface area contributed by atoms with Gasteiger partial charge in [0.2, 0.25) is 5.52 Å². The van der Waals surface area contributed by atoms with E-state index in [0.717, 1.165) is 13.1 Å². The van der Waals surface area contributed by atoms with Crippen LogP contribution >= 0.6 is 0 Å². The number of pyridine rings is 1. The summed E-state index contributed by atoms with van der Waals surface area (Å²) in [5.74, 6) is 0. The quantitative estimate of drug-likeness (QED) is 0.537. The van der Waals surface area contributed by atoms with Crippen molar-refractivity contribution in [2.45, 2.75) is 32.9 Å². The third-order valence-electron chi connectivity index (χ3n) is 3.77. The second kappa shape index (κ2) is 6.76. The summed E-state index contributed by atoms with van der Waals surface area (Å²) in [5, 5.41) is 7.51. The Morgan fingerprint density at radius 1 is 0.909 bits per heavy atom. The molecule has 0 amide bonds. The van der Waals surface area contributed by atoms with Crippen LogP contribution < -0.4 is 26.9 Å². The number of rotatable bonds is 3. The zero-order valence-electron chi connectivity index (χ0n) is 13.4. The highest BCUT2D eigenvalue weighted by Crippen LogP contribution is 2.21. The molecule has 116 valence electrons. The minimum absolute atomic E-state index is 0. The Kier molecular flexibility index (Phi) is 5.20. The molecule has 0 aliphatic carbocycles. The lowest BCUT2D eigenvalue weighted by Gasteiger charge is -2.19. The molecule has 2 aromatic carbocycles. The molecule has 0 fully saturated rings. The van der Waals surface area contributed by atoms with Crippen molar-refractivity contribution in [1.82, 2.24) is 5.32 Å². The number of para-hydroxylation sites is 1. The fraction of sp³-hybridized carbons (Fsp3) is 0.316. The fourth-order valence-electron chi connectivity index (χ4n) is 2.78. The van der Waals surface area contributed by atoms with Crippen LogP contribution in [0.2, 0.25) is 0 Å². The summed E-state index contributed by atoms with van der Waals surface area (Å²) in [6.45, 7) is 8.56. The third-order valence-corrected chi connectivity index (χ3v) is 3.77. The number of aromatic nitrogens is 1. The zero-order chi connectivity index (χ0) is 14.9. The highest BCUT2D eigenvalue weighted by molar-refractivity contribution is 6.03. The van der Waals surface area contributed by atoms with Gasteiger partial charge in [-0.1, -0.05) is 30.3 Å². The Morgan fingerprint density at radius 2 is 1.55 bits per heavy atom. The van der Waals surface area contributed by atoms with E-state index in [1.54, 1.807) is 0 Å². The number of hydrogen-bond donors (Lipinski definition) is 1. The van der Waals surface area contributed by atoms with Gasteiger partial charge in [-0.3, -0.25) is 0 Å². The molecule has 3 aromatic rings. The van der Waals surface area contributed by atoms with Gasteiger partial charge in [-0.2, -0.15) is 4.57 Å². The summed E-state index contributed by atoms with van der Waals surface area (Å²) >= 11 is 0. The van der Waals surface area contributed by atoms with Crippen LogP contribution in [0.5, 0.6) is 0 Å². The van der Waals surface area contributed by atoms with Gasteiger partial charge in [0.15, 0.2) is 12.7 Å². The molecule has 3 rings (SSSR count). The van der Waals surface area contributed by atoms with Gasteiger partial charge in [0, 0.05) is 22.4 Å². The average molecular weight is 359 g/mol. The molecular formula is C19H23BrN2. The molecule has 1 aromatic heterocycles. The Labute approximate surface area is 142 Å². The van der Waals surface area contributed by atoms with Gasteiger partial charge in [-0.15, -0.1) is 0 Å². The van der Waals surface area contributed by atoms with Gasteiger partial charge in [-0.05, 0) is 32.9 Å². The van der Waals surface area contributed by atoms with Crippen LogP contribution in [0.1, 0.15) is 20.8 Å². The molecule has 0 aliphatic heterocycles. The van der Waals surface area contributed by atoms with Crippen LogP contribution in [0.15, 0.2) is 54.7 Å². The molecule has 0 radical (unpaired) electrons. The number of nitrogens with zero attached hydrogens (tertiary/aromatic N) is 1. The smallest absolute Gasteiger partial charge is 0.213 e. The van der Waals surface area contributed by atoms with Gasteiger partial charge in [0.25, 0.3) is 0 Å².